The number of para-hydroxylation sites is 1. The van der Waals surface area contributed by atoms with Gasteiger partial charge in [-0.05, 0) is 35.4 Å². The highest BCUT2D eigenvalue weighted by atomic mass is 16.5. The van der Waals surface area contributed by atoms with E-state index in [1.54, 1.807) is 7.11 Å². The fourth-order valence-corrected chi connectivity index (χ4v) is 2.50. The normalized spacial score (nSPS) is 10.6. The second-order valence-electron chi connectivity index (χ2n) is 5.71. The lowest BCUT2D eigenvalue weighted by atomic mass is 10.1. The second kappa shape index (κ2) is 9.20. The number of ether oxygens (including phenoxy) is 2. The van der Waals surface area contributed by atoms with Crippen LogP contribution in [0.2, 0.25) is 0 Å². The fourth-order valence-electron chi connectivity index (χ4n) is 2.50. The first kappa shape index (κ1) is 18.2. The number of hydrogen-bond donors (Lipinski definition) is 1. The van der Waals surface area contributed by atoms with E-state index in [9.17, 15) is 4.79 Å². The third-order valence-corrected chi connectivity index (χ3v) is 3.86. The lowest BCUT2D eigenvalue weighted by Gasteiger charge is -2.07. The zero-order valence-corrected chi connectivity index (χ0v) is 15.0. The predicted molar refractivity (Wildman–Crippen MR) is 106 cm³/mol. The molecule has 27 heavy (non-hydrogen) atoms. The molecule has 0 aliphatic rings. The fraction of sp³-hybridized carbons (Fsp3) is 0.0909. The van der Waals surface area contributed by atoms with Crippen LogP contribution in [0.1, 0.15) is 5.56 Å². The molecule has 0 saturated carbocycles. The third kappa shape index (κ3) is 5.19. The largest absolute Gasteiger partial charge is 0.496 e. The molecule has 0 aliphatic carbocycles. The van der Waals surface area contributed by atoms with Gasteiger partial charge >= 0.3 is 0 Å². The van der Waals surface area contributed by atoms with Gasteiger partial charge in [0.05, 0.1) is 13.3 Å². The van der Waals surface area contributed by atoms with Crippen molar-refractivity contribution in [1.29, 1.82) is 0 Å². The van der Waals surface area contributed by atoms with E-state index in [0.717, 1.165) is 16.7 Å². The molecule has 0 spiro atoms. The zero-order valence-electron chi connectivity index (χ0n) is 15.0. The first-order chi connectivity index (χ1) is 13.3. The van der Waals surface area contributed by atoms with Crippen molar-refractivity contribution in [2.75, 3.05) is 13.7 Å². The quantitative estimate of drug-likeness (QED) is 0.514. The van der Waals surface area contributed by atoms with Crippen LogP contribution in [0, 0.1) is 0 Å². The Bertz CT molecular complexity index is 906. The summed E-state index contributed by atoms with van der Waals surface area (Å²) in [5.74, 6) is 0.970. The minimum absolute atomic E-state index is 0.117. The van der Waals surface area contributed by atoms with Crippen molar-refractivity contribution < 1.29 is 14.3 Å². The molecule has 3 rings (SSSR count). The summed E-state index contributed by atoms with van der Waals surface area (Å²) >= 11 is 0. The van der Waals surface area contributed by atoms with Gasteiger partial charge in [-0.1, -0.05) is 54.6 Å². The number of nitrogens with one attached hydrogen (secondary N) is 1. The summed E-state index contributed by atoms with van der Waals surface area (Å²) in [6, 6.07) is 25.1. The highest BCUT2D eigenvalue weighted by molar-refractivity contribution is 5.85. The molecule has 0 fully saturated rings. The van der Waals surface area contributed by atoms with Crippen molar-refractivity contribution in [1.82, 2.24) is 5.43 Å². The molecular formula is C22H20N2O3. The highest BCUT2D eigenvalue weighted by Crippen LogP contribution is 2.22. The van der Waals surface area contributed by atoms with Gasteiger partial charge in [0.2, 0.25) is 0 Å². The number of hydrazone groups is 1. The topological polar surface area (TPSA) is 59.9 Å². The Morgan fingerprint density at radius 1 is 0.926 bits per heavy atom. The van der Waals surface area contributed by atoms with Gasteiger partial charge in [-0.25, -0.2) is 5.43 Å². The molecule has 1 N–H and O–H groups in total. The molecule has 5 heteroatoms. The number of nitrogens with zero attached hydrogens (tertiary/aromatic N) is 1. The van der Waals surface area contributed by atoms with Gasteiger partial charge in [-0.15, -0.1) is 0 Å². The lowest BCUT2D eigenvalue weighted by molar-refractivity contribution is -0.123. The molecule has 0 aliphatic heterocycles. The van der Waals surface area contributed by atoms with E-state index in [1.807, 2.05) is 78.9 Å². The summed E-state index contributed by atoms with van der Waals surface area (Å²) in [6.07, 6.45) is 1.53. The highest BCUT2D eigenvalue weighted by Gasteiger charge is 2.03. The van der Waals surface area contributed by atoms with Gasteiger partial charge in [0.1, 0.15) is 11.5 Å². The molecule has 0 unspecified atom stereocenters. The number of amides is 1. The van der Waals surface area contributed by atoms with E-state index < -0.39 is 0 Å². The molecular weight excluding hydrogens is 340 g/mol. The van der Waals surface area contributed by atoms with E-state index in [0.29, 0.717) is 11.5 Å². The smallest absolute Gasteiger partial charge is 0.277 e. The standard InChI is InChI=1S/C22H20N2O3/c1-26-21-10-6-5-9-19(21)15-23-24-22(25)16-27-20-13-11-18(12-14-20)17-7-3-2-4-8-17/h2-15H,16H2,1H3,(H,24,25)/b23-15-. The van der Waals surface area contributed by atoms with E-state index in [-0.39, 0.29) is 12.5 Å². The van der Waals surface area contributed by atoms with E-state index in [4.69, 9.17) is 9.47 Å². The minimum atomic E-state index is -0.340. The first-order valence-corrected chi connectivity index (χ1v) is 8.49. The molecule has 0 aromatic heterocycles. The van der Waals surface area contributed by atoms with Gasteiger partial charge in [0.25, 0.3) is 5.91 Å². The zero-order chi connectivity index (χ0) is 18.9. The monoisotopic (exact) mass is 360 g/mol. The van der Waals surface area contributed by atoms with Gasteiger partial charge < -0.3 is 9.47 Å². The molecule has 136 valence electrons. The Labute approximate surface area is 158 Å². The Balaban J connectivity index is 1.50. The van der Waals surface area contributed by atoms with Gasteiger partial charge in [-0.3, -0.25) is 4.79 Å². The predicted octanol–water partition coefficient (Wildman–Crippen LogP) is 3.89. The average molecular weight is 360 g/mol. The molecule has 0 saturated heterocycles. The summed E-state index contributed by atoms with van der Waals surface area (Å²) in [5.41, 5.74) is 5.44. The summed E-state index contributed by atoms with van der Waals surface area (Å²) in [4.78, 5) is 11.9. The van der Waals surface area contributed by atoms with E-state index >= 15 is 0 Å². The van der Waals surface area contributed by atoms with Crippen molar-refractivity contribution in [3.63, 3.8) is 0 Å². The Morgan fingerprint density at radius 2 is 1.59 bits per heavy atom. The van der Waals surface area contributed by atoms with E-state index in [1.165, 1.54) is 6.21 Å². The second-order valence-corrected chi connectivity index (χ2v) is 5.71. The number of methoxy groups -OCH3 is 1. The summed E-state index contributed by atoms with van der Waals surface area (Å²) in [7, 11) is 1.59. The lowest BCUT2D eigenvalue weighted by Crippen LogP contribution is -2.24. The SMILES string of the molecule is COc1ccccc1/C=N\NC(=O)COc1ccc(-c2ccccc2)cc1. The molecule has 3 aromatic rings. The van der Waals surface area contributed by atoms with Crippen LogP contribution in [0.3, 0.4) is 0 Å². The molecule has 1 amide bonds. The Hall–Kier alpha value is -3.60. The van der Waals surface area contributed by atoms with Crippen LogP contribution < -0.4 is 14.9 Å². The van der Waals surface area contributed by atoms with Crippen molar-refractivity contribution in [2.24, 2.45) is 5.10 Å². The van der Waals surface area contributed by atoms with Gasteiger partial charge in [-0.2, -0.15) is 5.10 Å². The maximum atomic E-state index is 11.9. The van der Waals surface area contributed by atoms with Crippen LogP contribution in [0.15, 0.2) is 84.0 Å². The number of carbonyl (C=O) groups is 1. The van der Waals surface area contributed by atoms with Crippen LogP contribution in [0.4, 0.5) is 0 Å². The summed E-state index contributed by atoms with van der Waals surface area (Å²) < 4.78 is 10.7. The average Bonchev–Trinajstić information content (AvgIpc) is 2.73. The van der Waals surface area contributed by atoms with Crippen molar-refractivity contribution in [3.05, 3.63) is 84.4 Å². The van der Waals surface area contributed by atoms with E-state index in [2.05, 4.69) is 10.5 Å². The van der Waals surface area contributed by atoms with Crippen LogP contribution in [0.25, 0.3) is 11.1 Å². The maximum absolute atomic E-state index is 11.9. The van der Waals surface area contributed by atoms with Crippen molar-refractivity contribution in [2.45, 2.75) is 0 Å². The minimum Gasteiger partial charge on any atom is -0.496 e. The molecule has 0 bridgehead atoms. The van der Waals surface area contributed by atoms with Crippen LogP contribution >= 0.6 is 0 Å². The molecule has 0 atom stereocenters. The van der Waals surface area contributed by atoms with Crippen molar-refractivity contribution >= 4 is 12.1 Å². The van der Waals surface area contributed by atoms with Crippen LogP contribution in [-0.4, -0.2) is 25.8 Å². The molecule has 5 nitrogen and oxygen atoms in total. The molecule has 3 aromatic carbocycles. The number of benzene rings is 3. The van der Waals surface area contributed by atoms with Crippen LogP contribution in [-0.2, 0) is 4.79 Å². The van der Waals surface area contributed by atoms with Crippen LogP contribution in [0.5, 0.6) is 11.5 Å². The maximum Gasteiger partial charge on any atom is 0.277 e. The first-order valence-electron chi connectivity index (χ1n) is 8.49. The number of rotatable bonds is 7. The van der Waals surface area contributed by atoms with Gasteiger partial charge in [0, 0.05) is 5.56 Å². The summed E-state index contributed by atoms with van der Waals surface area (Å²) in [5, 5.41) is 3.93. The molecule has 0 heterocycles. The summed E-state index contributed by atoms with van der Waals surface area (Å²) in [6.45, 7) is -0.117. The van der Waals surface area contributed by atoms with Gasteiger partial charge in [0.15, 0.2) is 6.61 Å². The molecule has 0 radical (unpaired) electrons. The number of carbonyl (C=O) groups excluding carboxylic acids is 1. The Kier molecular flexibility index (Phi) is 6.20. The number of hydrogen-bond acceptors (Lipinski definition) is 4. The van der Waals surface area contributed by atoms with Crippen molar-refractivity contribution in [3.8, 4) is 22.6 Å². The Morgan fingerprint density at radius 3 is 2.33 bits per heavy atom. The third-order valence-electron chi connectivity index (χ3n) is 3.86.